The van der Waals surface area contributed by atoms with Crippen LogP contribution in [0, 0.1) is 11.8 Å². The van der Waals surface area contributed by atoms with Crippen molar-refractivity contribution in [3.63, 3.8) is 0 Å². The van der Waals surface area contributed by atoms with Crippen molar-refractivity contribution in [3.05, 3.63) is 143 Å². The van der Waals surface area contributed by atoms with Crippen LogP contribution < -0.4 is 15.9 Å². The van der Waals surface area contributed by atoms with Crippen molar-refractivity contribution >= 4 is 43.9 Å². The van der Waals surface area contributed by atoms with Gasteiger partial charge in [0.25, 0.3) is 0 Å². The molecule has 5 nitrogen and oxygen atoms in total. The molecule has 5 heterocycles. The molecule has 9 rings (SSSR count). The standard InChI is InChI=1S/C40H33N5/c1-24-22-27(33-23-28-6-4-18-42-37(28)39-30(33)8-5-19-43-39)11-13-29(24)35-15-12-26-10-14-32-36(25-16-20-41-21-17-25)31-7-2-3-9-34(31)45-40(32)38(26)44-35/h2-8,10-16,18-20,22-25,29,34,41H,9,17,21H2,1H3. The quantitative estimate of drug-likeness (QED) is 0.236. The normalized spacial score (nSPS) is 23.7. The van der Waals surface area contributed by atoms with Gasteiger partial charge in [0.15, 0.2) is 0 Å². The number of hydrogen-bond donors (Lipinski definition) is 1. The highest BCUT2D eigenvalue weighted by Gasteiger charge is 2.29. The molecule has 4 atom stereocenters. The number of nitrogens with one attached hydrogen (secondary N) is 1. The van der Waals surface area contributed by atoms with Gasteiger partial charge in [-0.1, -0.05) is 79.8 Å². The van der Waals surface area contributed by atoms with Crippen molar-refractivity contribution < 1.29 is 0 Å². The summed E-state index contributed by atoms with van der Waals surface area (Å²) >= 11 is 0. The van der Waals surface area contributed by atoms with E-state index in [9.17, 15) is 0 Å². The van der Waals surface area contributed by atoms with E-state index in [4.69, 9.17) is 15.0 Å². The first-order valence-electron chi connectivity index (χ1n) is 16.0. The average molecular weight is 584 g/mol. The molecule has 4 aliphatic rings. The number of pyridine rings is 3. The van der Waals surface area contributed by atoms with Crippen LogP contribution in [-0.4, -0.2) is 27.5 Å². The van der Waals surface area contributed by atoms with E-state index in [2.05, 4.69) is 108 Å². The van der Waals surface area contributed by atoms with Gasteiger partial charge < -0.3 is 5.32 Å². The van der Waals surface area contributed by atoms with Gasteiger partial charge in [0.05, 0.1) is 27.9 Å². The number of allylic oxidation sites excluding steroid dienone is 7. The Morgan fingerprint density at radius 3 is 2.67 bits per heavy atom. The maximum absolute atomic E-state index is 5.39. The minimum Gasteiger partial charge on any atom is -0.391 e. The molecule has 4 unspecified atom stereocenters. The van der Waals surface area contributed by atoms with Crippen molar-refractivity contribution in [3.8, 4) is 0 Å². The molecule has 0 radical (unpaired) electrons. The first-order chi connectivity index (χ1) is 22.2. The third kappa shape index (κ3) is 4.29. The Morgan fingerprint density at radius 2 is 1.78 bits per heavy atom. The van der Waals surface area contributed by atoms with Gasteiger partial charge in [0.1, 0.15) is 0 Å². The van der Waals surface area contributed by atoms with E-state index in [1.54, 1.807) is 0 Å². The van der Waals surface area contributed by atoms with Crippen LogP contribution in [-0.2, 0) is 0 Å². The van der Waals surface area contributed by atoms with Crippen LogP contribution in [0.5, 0.6) is 0 Å². The van der Waals surface area contributed by atoms with Gasteiger partial charge >= 0.3 is 0 Å². The molecule has 0 spiro atoms. The highest BCUT2D eigenvalue weighted by atomic mass is 14.8. The second-order valence-corrected chi connectivity index (χ2v) is 12.6. The highest BCUT2D eigenvalue weighted by molar-refractivity contribution is 6.08. The summed E-state index contributed by atoms with van der Waals surface area (Å²) in [5.74, 6) is 0.819. The van der Waals surface area contributed by atoms with E-state index in [1.807, 2.05) is 24.5 Å². The van der Waals surface area contributed by atoms with Crippen molar-refractivity contribution in [2.45, 2.75) is 31.7 Å². The van der Waals surface area contributed by atoms with Gasteiger partial charge in [-0.2, -0.15) is 0 Å². The zero-order chi connectivity index (χ0) is 29.9. The SMILES string of the molecule is CC1C=C(c2cc3cccnc3c3ncccc23)C=CC1c1ccc2ccc3c(c2n1)=NC1CC=CC=C1C=3C1C=CNCC1. The maximum Gasteiger partial charge on any atom is 0.0970 e. The average Bonchev–Trinajstić information content (AvgIpc) is 3.10. The summed E-state index contributed by atoms with van der Waals surface area (Å²) in [6.45, 7) is 3.29. The second kappa shape index (κ2) is 10.5. The maximum atomic E-state index is 5.39. The molecule has 218 valence electrons. The molecule has 2 aromatic carbocycles. The lowest BCUT2D eigenvalue weighted by atomic mass is 9.80. The van der Waals surface area contributed by atoms with Crippen LogP contribution in [0.4, 0.5) is 0 Å². The van der Waals surface area contributed by atoms with Crippen molar-refractivity contribution in [2.75, 3.05) is 6.54 Å². The zero-order valence-corrected chi connectivity index (χ0v) is 25.2. The Balaban J connectivity index is 1.15. The second-order valence-electron chi connectivity index (χ2n) is 12.6. The summed E-state index contributed by atoms with van der Waals surface area (Å²) in [7, 11) is 0. The Labute approximate surface area is 261 Å². The number of aromatic nitrogens is 3. The molecule has 0 saturated heterocycles. The lowest BCUT2D eigenvalue weighted by molar-refractivity contribution is 0.623. The molecule has 1 N–H and O–H groups in total. The number of benzene rings is 2. The van der Waals surface area contributed by atoms with E-state index in [0.717, 1.165) is 63.1 Å². The number of rotatable bonds is 3. The largest absolute Gasteiger partial charge is 0.391 e. The third-order valence-electron chi connectivity index (χ3n) is 9.90. The summed E-state index contributed by atoms with van der Waals surface area (Å²) in [6.07, 6.45) is 23.9. The van der Waals surface area contributed by atoms with Gasteiger partial charge in [0.2, 0.25) is 0 Å². The van der Waals surface area contributed by atoms with E-state index in [1.165, 1.54) is 27.5 Å². The number of fused-ring (bicyclic) bond motifs is 7. The summed E-state index contributed by atoms with van der Waals surface area (Å²) in [5, 5.41) is 9.05. The predicted octanol–water partition coefficient (Wildman–Crippen LogP) is 6.87. The molecule has 0 fully saturated rings. The fourth-order valence-electron chi connectivity index (χ4n) is 7.69. The number of hydrogen-bond acceptors (Lipinski definition) is 5. The molecule has 0 bridgehead atoms. The number of nitrogens with zero attached hydrogens (tertiary/aromatic N) is 4. The van der Waals surface area contributed by atoms with Crippen LogP contribution in [0.1, 0.15) is 36.9 Å². The monoisotopic (exact) mass is 583 g/mol. The first-order valence-corrected chi connectivity index (χ1v) is 16.0. The molecular formula is C40H33N5. The smallest absolute Gasteiger partial charge is 0.0970 e. The predicted molar refractivity (Wildman–Crippen MR) is 183 cm³/mol. The third-order valence-corrected chi connectivity index (χ3v) is 9.90. The molecule has 0 amide bonds. The molecule has 45 heavy (non-hydrogen) atoms. The van der Waals surface area contributed by atoms with Gasteiger partial charge in [-0.05, 0) is 71.5 Å². The van der Waals surface area contributed by atoms with Crippen molar-refractivity contribution in [1.29, 1.82) is 0 Å². The lowest BCUT2D eigenvalue weighted by Gasteiger charge is -2.30. The van der Waals surface area contributed by atoms with Crippen molar-refractivity contribution in [1.82, 2.24) is 20.3 Å². The van der Waals surface area contributed by atoms with E-state index >= 15 is 0 Å². The van der Waals surface area contributed by atoms with E-state index in [0.29, 0.717) is 5.92 Å². The summed E-state index contributed by atoms with van der Waals surface area (Å²) in [5.41, 5.74) is 9.20. The van der Waals surface area contributed by atoms with Crippen molar-refractivity contribution in [2.24, 2.45) is 16.8 Å². The molecule has 2 aliphatic carbocycles. The molecular weight excluding hydrogens is 550 g/mol. The lowest BCUT2D eigenvalue weighted by Crippen LogP contribution is -2.39. The van der Waals surface area contributed by atoms with Crippen LogP contribution in [0.25, 0.3) is 43.9 Å². The molecule has 5 heteroatoms. The topological polar surface area (TPSA) is 63.1 Å². The Kier molecular flexibility index (Phi) is 6.12. The first kappa shape index (κ1) is 26.3. The zero-order valence-electron chi connectivity index (χ0n) is 25.2. The Morgan fingerprint density at radius 1 is 0.889 bits per heavy atom. The fraction of sp³-hybridized carbons (Fsp3) is 0.200. The van der Waals surface area contributed by atoms with Gasteiger partial charge in [-0.25, -0.2) is 4.98 Å². The minimum atomic E-state index is 0.150. The van der Waals surface area contributed by atoms with Crippen LogP contribution in [0.2, 0.25) is 0 Å². The summed E-state index contributed by atoms with van der Waals surface area (Å²) < 4.78 is 0. The highest BCUT2D eigenvalue weighted by Crippen LogP contribution is 2.38. The fourth-order valence-corrected chi connectivity index (χ4v) is 7.69. The minimum absolute atomic E-state index is 0.150. The molecule has 3 aromatic heterocycles. The van der Waals surface area contributed by atoms with Gasteiger partial charge in [-0.3, -0.25) is 15.0 Å². The Hall–Kier alpha value is -5.16. The van der Waals surface area contributed by atoms with E-state index in [-0.39, 0.29) is 17.9 Å². The molecule has 5 aromatic rings. The molecule has 0 saturated carbocycles. The summed E-state index contributed by atoms with van der Waals surface area (Å²) in [4.78, 5) is 20.1. The van der Waals surface area contributed by atoms with Gasteiger partial charge in [0, 0.05) is 57.8 Å². The van der Waals surface area contributed by atoms with Crippen LogP contribution in [0.15, 0.2) is 126 Å². The summed E-state index contributed by atoms with van der Waals surface area (Å²) in [6, 6.07) is 19.6. The van der Waals surface area contributed by atoms with Crippen LogP contribution >= 0.6 is 0 Å². The molecule has 2 aliphatic heterocycles. The van der Waals surface area contributed by atoms with Crippen LogP contribution in [0.3, 0.4) is 0 Å². The Bertz CT molecular complexity index is 2320. The van der Waals surface area contributed by atoms with E-state index < -0.39 is 0 Å². The van der Waals surface area contributed by atoms with Gasteiger partial charge in [-0.15, -0.1) is 0 Å².